The molecule has 1 aromatic rings. The number of halogens is 2. The van der Waals surface area contributed by atoms with Crippen molar-refractivity contribution in [2.45, 2.75) is 38.8 Å². The van der Waals surface area contributed by atoms with Gasteiger partial charge in [0.2, 0.25) is 0 Å². The summed E-state index contributed by atoms with van der Waals surface area (Å²) in [5, 5.41) is 0. The number of hydrogen-bond donors (Lipinski definition) is 1. The van der Waals surface area contributed by atoms with Gasteiger partial charge in [-0.1, -0.05) is 0 Å². The fourth-order valence-corrected chi connectivity index (χ4v) is 2.61. The summed E-state index contributed by atoms with van der Waals surface area (Å²) in [7, 11) is 0. The molecule has 2 atom stereocenters. The summed E-state index contributed by atoms with van der Waals surface area (Å²) < 4.78 is 34.0. The van der Waals surface area contributed by atoms with Crippen molar-refractivity contribution in [3.05, 3.63) is 29.3 Å². The minimum atomic E-state index is -0.519. The lowest BCUT2D eigenvalue weighted by Crippen LogP contribution is -2.31. The summed E-state index contributed by atoms with van der Waals surface area (Å²) in [6, 6.07) is 2.65. The highest BCUT2D eigenvalue weighted by atomic mass is 19.1. The van der Waals surface area contributed by atoms with E-state index in [2.05, 4.69) is 0 Å². The topological polar surface area (TPSA) is 38.5 Å². The van der Waals surface area contributed by atoms with Gasteiger partial charge in [-0.15, -0.1) is 0 Å². The van der Waals surface area contributed by atoms with Crippen molar-refractivity contribution >= 4 is 5.69 Å². The van der Waals surface area contributed by atoms with E-state index in [1.54, 1.807) is 4.90 Å². The van der Waals surface area contributed by atoms with Crippen LogP contribution in [0.1, 0.15) is 25.8 Å². The summed E-state index contributed by atoms with van der Waals surface area (Å²) in [4.78, 5) is 1.73. The molecule has 0 aromatic heterocycles. The summed E-state index contributed by atoms with van der Waals surface area (Å²) in [5.41, 5.74) is 6.32. The fourth-order valence-electron chi connectivity index (χ4n) is 2.61. The first-order valence-corrected chi connectivity index (χ1v) is 7.07. The van der Waals surface area contributed by atoms with Crippen molar-refractivity contribution in [3.63, 3.8) is 0 Å². The third-order valence-corrected chi connectivity index (χ3v) is 3.40. The van der Waals surface area contributed by atoms with Gasteiger partial charge in [-0.3, -0.25) is 0 Å². The summed E-state index contributed by atoms with van der Waals surface area (Å²) in [6.07, 6.45) is 1.21. The maximum absolute atomic E-state index is 14.2. The van der Waals surface area contributed by atoms with E-state index >= 15 is 0 Å². The second-order valence-electron chi connectivity index (χ2n) is 5.57. The van der Waals surface area contributed by atoms with Gasteiger partial charge in [0.1, 0.15) is 17.3 Å². The molecular formula is C15H22F2N2O. The Morgan fingerprint density at radius 3 is 2.65 bits per heavy atom. The van der Waals surface area contributed by atoms with Crippen LogP contribution in [0.4, 0.5) is 14.5 Å². The lowest BCUT2D eigenvalue weighted by atomic mass is 10.1. The minimum Gasteiger partial charge on any atom is -0.377 e. The third kappa shape index (κ3) is 3.67. The first kappa shape index (κ1) is 15.2. The Kier molecular flexibility index (Phi) is 4.94. The standard InChI is InChI=1S/C15H22F2N2O/c1-10(18)6-12-7-13(16)15(14(17)8-12)19-4-3-5-20-11(2)9-19/h7-8,10-11H,3-6,9,18H2,1-2H3. The number of benzene rings is 1. The van der Waals surface area contributed by atoms with E-state index < -0.39 is 11.6 Å². The van der Waals surface area contributed by atoms with E-state index in [-0.39, 0.29) is 17.8 Å². The molecule has 1 heterocycles. The smallest absolute Gasteiger partial charge is 0.149 e. The molecule has 1 fully saturated rings. The van der Waals surface area contributed by atoms with Crippen LogP contribution in [0.5, 0.6) is 0 Å². The quantitative estimate of drug-likeness (QED) is 0.926. The van der Waals surface area contributed by atoms with Crippen LogP contribution >= 0.6 is 0 Å². The molecule has 2 rings (SSSR count). The molecule has 2 N–H and O–H groups in total. The van der Waals surface area contributed by atoms with Gasteiger partial charge in [0.25, 0.3) is 0 Å². The Bertz CT molecular complexity index is 442. The number of nitrogens with two attached hydrogens (primary N) is 1. The number of hydrogen-bond acceptors (Lipinski definition) is 3. The van der Waals surface area contributed by atoms with Gasteiger partial charge in [0.05, 0.1) is 6.10 Å². The number of nitrogens with zero attached hydrogens (tertiary/aromatic N) is 1. The number of anilines is 1. The lowest BCUT2D eigenvalue weighted by Gasteiger charge is -2.25. The predicted molar refractivity (Wildman–Crippen MR) is 76.0 cm³/mol. The molecule has 2 unspecified atom stereocenters. The van der Waals surface area contributed by atoms with Crippen molar-refractivity contribution in [1.82, 2.24) is 0 Å². The van der Waals surface area contributed by atoms with Crippen LogP contribution in [0, 0.1) is 11.6 Å². The summed E-state index contributed by atoms with van der Waals surface area (Å²) >= 11 is 0. The van der Waals surface area contributed by atoms with E-state index in [4.69, 9.17) is 10.5 Å². The largest absolute Gasteiger partial charge is 0.377 e. The molecule has 1 aromatic carbocycles. The monoisotopic (exact) mass is 284 g/mol. The Balaban J connectivity index is 2.26. The molecular weight excluding hydrogens is 262 g/mol. The van der Waals surface area contributed by atoms with Crippen LogP contribution in [0.25, 0.3) is 0 Å². The minimum absolute atomic E-state index is 0.0277. The van der Waals surface area contributed by atoms with Gasteiger partial charge in [-0.2, -0.15) is 0 Å². The molecule has 0 aliphatic carbocycles. The van der Waals surface area contributed by atoms with Gasteiger partial charge >= 0.3 is 0 Å². The highest BCUT2D eigenvalue weighted by Gasteiger charge is 2.22. The van der Waals surface area contributed by atoms with E-state index in [9.17, 15) is 8.78 Å². The Hall–Kier alpha value is -1.20. The highest BCUT2D eigenvalue weighted by molar-refractivity contribution is 5.51. The molecule has 1 aliphatic heterocycles. The SMILES string of the molecule is CC(N)Cc1cc(F)c(N2CCCOC(C)C2)c(F)c1. The first-order valence-electron chi connectivity index (χ1n) is 7.07. The fraction of sp³-hybridized carbons (Fsp3) is 0.600. The lowest BCUT2D eigenvalue weighted by molar-refractivity contribution is 0.0820. The molecule has 0 amide bonds. The maximum atomic E-state index is 14.2. The predicted octanol–water partition coefficient (Wildman–Crippen LogP) is 2.47. The molecule has 5 heteroatoms. The summed E-state index contributed by atoms with van der Waals surface area (Å²) in [5.74, 6) is -1.04. The van der Waals surface area contributed by atoms with Crippen molar-refractivity contribution < 1.29 is 13.5 Å². The van der Waals surface area contributed by atoms with Crippen LogP contribution in [-0.2, 0) is 11.2 Å². The van der Waals surface area contributed by atoms with Crippen molar-refractivity contribution in [2.75, 3.05) is 24.6 Å². The van der Waals surface area contributed by atoms with E-state index in [0.29, 0.717) is 31.7 Å². The van der Waals surface area contributed by atoms with Crippen LogP contribution in [0.2, 0.25) is 0 Å². The zero-order valence-corrected chi connectivity index (χ0v) is 12.0. The van der Waals surface area contributed by atoms with Gasteiger partial charge < -0.3 is 15.4 Å². The Morgan fingerprint density at radius 1 is 1.40 bits per heavy atom. The van der Waals surface area contributed by atoms with Crippen LogP contribution in [0.3, 0.4) is 0 Å². The average Bonchev–Trinajstić information content (AvgIpc) is 2.52. The van der Waals surface area contributed by atoms with Crippen LogP contribution in [-0.4, -0.2) is 31.8 Å². The van der Waals surface area contributed by atoms with Gasteiger partial charge in [0, 0.05) is 25.7 Å². The Labute approximate surface area is 118 Å². The first-order chi connectivity index (χ1) is 9.47. The van der Waals surface area contributed by atoms with Crippen molar-refractivity contribution in [3.8, 4) is 0 Å². The van der Waals surface area contributed by atoms with E-state index in [1.807, 2.05) is 13.8 Å². The van der Waals surface area contributed by atoms with Crippen LogP contribution in [0.15, 0.2) is 12.1 Å². The molecule has 0 bridgehead atoms. The molecule has 0 radical (unpaired) electrons. The molecule has 0 spiro atoms. The van der Waals surface area contributed by atoms with E-state index in [1.165, 1.54) is 12.1 Å². The molecule has 0 saturated carbocycles. The van der Waals surface area contributed by atoms with Crippen molar-refractivity contribution in [1.29, 1.82) is 0 Å². The second-order valence-corrected chi connectivity index (χ2v) is 5.57. The van der Waals surface area contributed by atoms with Gasteiger partial charge in [0.15, 0.2) is 0 Å². The average molecular weight is 284 g/mol. The molecule has 1 saturated heterocycles. The zero-order chi connectivity index (χ0) is 14.7. The summed E-state index contributed by atoms with van der Waals surface area (Å²) in [6.45, 7) is 5.46. The highest BCUT2D eigenvalue weighted by Crippen LogP contribution is 2.27. The Morgan fingerprint density at radius 2 is 2.05 bits per heavy atom. The maximum Gasteiger partial charge on any atom is 0.149 e. The molecule has 1 aliphatic rings. The normalized spacial score (nSPS) is 21.6. The zero-order valence-electron chi connectivity index (χ0n) is 12.0. The molecule has 20 heavy (non-hydrogen) atoms. The van der Waals surface area contributed by atoms with Gasteiger partial charge in [-0.25, -0.2) is 8.78 Å². The molecule has 3 nitrogen and oxygen atoms in total. The van der Waals surface area contributed by atoms with Gasteiger partial charge in [-0.05, 0) is 44.4 Å². The number of rotatable bonds is 3. The third-order valence-electron chi connectivity index (χ3n) is 3.40. The van der Waals surface area contributed by atoms with E-state index in [0.717, 1.165) is 6.42 Å². The second kappa shape index (κ2) is 6.50. The van der Waals surface area contributed by atoms with Crippen molar-refractivity contribution in [2.24, 2.45) is 5.73 Å². The number of ether oxygens (including phenoxy) is 1. The molecule has 112 valence electrons. The van der Waals surface area contributed by atoms with Crippen LogP contribution < -0.4 is 10.6 Å².